The number of hydrogen-bond acceptors (Lipinski definition) is 6. The van der Waals surface area contributed by atoms with Crippen molar-refractivity contribution in [3.8, 4) is 0 Å². The molecule has 32 heavy (non-hydrogen) atoms. The maximum atomic E-state index is 13.0. The van der Waals surface area contributed by atoms with Crippen LogP contribution in [0.1, 0.15) is 42.9 Å². The van der Waals surface area contributed by atoms with E-state index in [-0.39, 0.29) is 11.9 Å². The minimum Gasteiger partial charge on any atom is -0.352 e. The van der Waals surface area contributed by atoms with Crippen LogP contribution in [-0.2, 0) is 28.2 Å². The molecule has 0 unspecified atom stereocenters. The van der Waals surface area contributed by atoms with E-state index in [2.05, 4.69) is 20.3 Å². The van der Waals surface area contributed by atoms with E-state index >= 15 is 0 Å². The standard InChI is InChI=1S/C22H29N7O3/c1-16-12-25-17(13-24-16)14-26-19(30)18-15-29-11-6-23-20(29)22(32-18)4-9-28(10-5-22)21(31)27-7-2-3-8-27/h6,11-13,18H,2-5,7-10,14-15H2,1H3,(H,26,30)/t18-/m1/s1. The van der Waals surface area contributed by atoms with Crippen LogP contribution in [0.4, 0.5) is 4.79 Å². The molecule has 2 saturated heterocycles. The molecular weight excluding hydrogens is 410 g/mol. The lowest BCUT2D eigenvalue weighted by Crippen LogP contribution is -2.55. The second kappa shape index (κ2) is 8.50. The van der Waals surface area contributed by atoms with Crippen molar-refractivity contribution >= 4 is 11.9 Å². The third-order valence-corrected chi connectivity index (χ3v) is 6.64. The SMILES string of the molecule is Cc1cnc(CNC(=O)[C@H]2Cn3ccnc3C3(CCN(C(=O)N4CCCC4)CC3)O2)cn1. The quantitative estimate of drug-likeness (QED) is 0.771. The molecule has 10 heteroatoms. The van der Waals surface area contributed by atoms with Gasteiger partial charge in [0.15, 0.2) is 6.10 Å². The van der Waals surface area contributed by atoms with Gasteiger partial charge in [0.1, 0.15) is 11.4 Å². The van der Waals surface area contributed by atoms with Crippen molar-refractivity contribution in [3.05, 3.63) is 42.0 Å². The number of amides is 3. The molecule has 1 N–H and O–H groups in total. The first-order chi connectivity index (χ1) is 15.5. The molecule has 170 valence electrons. The molecule has 0 aromatic carbocycles. The van der Waals surface area contributed by atoms with Crippen LogP contribution in [0.25, 0.3) is 0 Å². The molecule has 10 nitrogen and oxygen atoms in total. The summed E-state index contributed by atoms with van der Waals surface area (Å²) in [6.07, 6.45) is 9.77. The van der Waals surface area contributed by atoms with E-state index < -0.39 is 11.7 Å². The number of carbonyl (C=O) groups is 2. The monoisotopic (exact) mass is 439 g/mol. The number of carbonyl (C=O) groups excluding carboxylic acids is 2. The molecule has 1 spiro atoms. The fraction of sp³-hybridized carbons (Fsp3) is 0.591. The Hall–Kier alpha value is -3.01. The Morgan fingerprint density at radius 2 is 1.84 bits per heavy atom. The van der Waals surface area contributed by atoms with Gasteiger partial charge in [-0.2, -0.15) is 0 Å². The van der Waals surface area contributed by atoms with Crippen molar-refractivity contribution in [1.82, 2.24) is 34.6 Å². The van der Waals surface area contributed by atoms with Crippen LogP contribution in [0.15, 0.2) is 24.8 Å². The highest BCUT2D eigenvalue weighted by atomic mass is 16.5. The fourth-order valence-corrected chi connectivity index (χ4v) is 4.84. The number of imidazole rings is 1. The summed E-state index contributed by atoms with van der Waals surface area (Å²) in [5, 5.41) is 2.93. The van der Waals surface area contributed by atoms with Crippen molar-refractivity contribution in [2.24, 2.45) is 0 Å². The Morgan fingerprint density at radius 3 is 2.56 bits per heavy atom. The molecule has 0 saturated carbocycles. The lowest BCUT2D eigenvalue weighted by Gasteiger charge is -2.46. The molecule has 0 aliphatic carbocycles. The summed E-state index contributed by atoms with van der Waals surface area (Å²) in [6.45, 7) is 5.46. The Morgan fingerprint density at radius 1 is 1.09 bits per heavy atom. The lowest BCUT2D eigenvalue weighted by atomic mass is 9.88. The Kier molecular flexibility index (Phi) is 5.54. The van der Waals surface area contributed by atoms with Crippen molar-refractivity contribution < 1.29 is 14.3 Å². The molecule has 2 aromatic heterocycles. The van der Waals surface area contributed by atoms with E-state index in [4.69, 9.17) is 4.74 Å². The molecule has 0 bridgehead atoms. The summed E-state index contributed by atoms with van der Waals surface area (Å²) < 4.78 is 8.45. The molecule has 5 heterocycles. The predicted octanol–water partition coefficient (Wildman–Crippen LogP) is 1.20. The van der Waals surface area contributed by atoms with Gasteiger partial charge in [-0.3, -0.25) is 14.8 Å². The number of ether oxygens (including phenoxy) is 1. The number of piperidine rings is 1. The van der Waals surface area contributed by atoms with Crippen LogP contribution in [0.2, 0.25) is 0 Å². The summed E-state index contributed by atoms with van der Waals surface area (Å²) in [5.41, 5.74) is 0.876. The smallest absolute Gasteiger partial charge is 0.320 e. The van der Waals surface area contributed by atoms with E-state index in [0.717, 1.165) is 37.4 Å². The van der Waals surface area contributed by atoms with E-state index in [0.29, 0.717) is 44.7 Å². The van der Waals surface area contributed by atoms with Gasteiger partial charge in [0.2, 0.25) is 0 Å². The van der Waals surface area contributed by atoms with Gasteiger partial charge in [-0.1, -0.05) is 0 Å². The number of likely N-dealkylation sites (tertiary alicyclic amines) is 2. The van der Waals surface area contributed by atoms with Crippen LogP contribution >= 0.6 is 0 Å². The molecule has 3 aliphatic heterocycles. The average Bonchev–Trinajstić information content (AvgIpc) is 3.51. The fourth-order valence-electron chi connectivity index (χ4n) is 4.84. The third kappa shape index (κ3) is 3.94. The van der Waals surface area contributed by atoms with Crippen LogP contribution < -0.4 is 5.32 Å². The van der Waals surface area contributed by atoms with Gasteiger partial charge >= 0.3 is 6.03 Å². The molecule has 1 atom stereocenters. The van der Waals surface area contributed by atoms with Gasteiger partial charge in [0, 0.05) is 57.6 Å². The number of hydrogen-bond donors (Lipinski definition) is 1. The summed E-state index contributed by atoms with van der Waals surface area (Å²) in [6, 6.07) is 0.116. The second-order valence-corrected chi connectivity index (χ2v) is 8.83. The van der Waals surface area contributed by atoms with Gasteiger partial charge in [-0.25, -0.2) is 9.78 Å². The Bertz CT molecular complexity index is 976. The second-order valence-electron chi connectivity index (χ2n) is 8.83. The van der Waals surface area contributed by atoms with Crippen LogP contribution in [0, 0.1) is 6.92 Å². The van der Waals surface area contributed by atoms with E-state index in [1.807, 2.05) is 27.5 Å². The first-order valence-electron chi connectivity index (χ1n) is 11.3. The summed E-state index contributed by atoms with van der Waals surface area (Å²) in [7, 11) is 0. The van der Waals surface area contributed by atoms with Crippen molar-refractivity contribution in [2.45, 2.75) is 57.4 Å². The van der Waals surface area contributed by atoms with Crippen molar-refractivity contribution in [2.75, 3.05) is 26.2 Å². The first-order valence-corrected chi connectivity index (χ1v) is 11.3. The number of rotatable bonds is 3. The number of urea groups is 1. The predicted molar refractivity (Wildman–Crippen MR) is 114 cm³/mol. The van der Waals surface area contributed by atoms with Crippen LogP contribution in [-0.4, -0.2) is 73.5 Å². The number of nitrogens with zero attached hydrogens (tertiary/aromatic N) is 6. The van der Waals surface area contributed by atoms with E-state index in [1.54, 1.807) is 18.6 Å². The molecular formula is C22H29N7O3. The highest BCUT2D eigenvalue weighted by Gasteiger charge is 2.48. The van der Waals surface area contributed by atoms with Gasteiger partial charge in [0.25, 0.3) is 5.91 Å². The van der Waals surface area contributed by atoms with E-state index in [9.17, 15) is 9.59 Å². The maximum Gasteiger partial charge on any atom is 0.320 e. The highest BCUT2D eigenvalue weighted by Crippen LogP contribution is 2.40. The van der Waals surface area contributed by atoms with Crippen molar-refractivity contribution in [3.63, 3.8) is 0 Å². The summed E-state index contributed by atoms with van der Waals surface area (Å²) >= 11 is 0. The average molecular weight is 440 g/mol. The molecule has 2 fully saturated rings. The van der Waals surface area contributed by atoms with Gasteiger partial charge in [-0.05, 0) is 19.8 Å². The summed E-state index contributed by atoms with van der Waals surface area (Å²) in [4.78, 5) is 42.7. The van der Waals surface area contributed by atoms with Gasteiger partial charge in [0.05, 0.1) is 30.7 Å². The number of aromatic nitrogens is 4. The minimum absolute atomic E-state index is 0.116. The number of nitrogens with one attached hydrogen (secondary N) is 1. The van der Waals surface area contributed by atoms with E-state index in [1.165, 1.54) is 0 Å². The zero-order chi connectivity index (χ0) is 22.1. The zero-order valence-corrected chi connectivity index (χ0v) is 18.4. The third-order valence-electron chi connectivity index (χ3n) is 6.64. The molecule has 0 radical (unpaired) electrons. The largest absolute Gasteiger partial charge is 0.352 e. The van der Waals surface area contributed by atoms with Crippen LogP contribution in [0.3, 0.4) is 0 Å². The molecule has 3 aliphatic rings. The highest BCUT2D eigenvalue weighted by molar-refractivity contribution is 5.81. The molecule has 3 amide bonds. The Labute approximate surface area is 187 Å². The molecule has 5 rings (SSSR count). The number of aryl methyl sites for hydroxylation is 1. The zero-order valence-electron chi connectivity index (χ0n) is 18.4. The molecule has 2 aromatic rings. The lowest BCUT2D eigenvalue weighted by molar-refractivity contribution is -0.172. The summed E-state index contributed by atoms with van der Waals surface area (Å²) in [5.74, 6) is 0.667. The topological polar surface area (TPSA) is 105 Å². The van der Waals surface area contributed by atoms with Gasteiger partial charge < -0.3 is 24.4 Å². The minimum atomic E-state index is -0.658. The normalized spacial score (nSPS) is 22.1. The van der Waals surface area contributed by atoms with Crippen LogP contribution in [0.5, 0.6) is 0 Å². The number of fused-ring (bicyclic) bond motifs is 2. The Balaban J connectivity index is 1.26. The first kappa shape index (κ1) is 20.9. The van der Waals surface area contributed by atoms with Gasteiger partial charge in [-0.15, -0.1) is 0 Å². The maximum absolute atomic E-state index is 13.0. The van der Waals surface area contributed by atoms with Crippen molar-refractivity contribution in [1.29, 1.82) is 0 Å².